The zero-order chi connectivity index (χ0) is 13.7. The Morgan fingerprint density at radius 2 is 2.28 bits per heavy atom. The van der Waals surface area contributed by atoms with Crippen LogP contribution >= 0.6 is 0 Å². The topological polar surface area (TPSA) is 91.0 Å². The zero-order valence-electron chi connectivity index (χ0n) is 11.4. The molecular formula is C12H24N4O2. The van der Waals surface area contributed by atoms with Crippen LogP contribution in [0.15, 0.2) is 5.16 Å². The molecule has 1 saturated heterocycles. The maximum Gasteiger partial charge on any atom is 0.231 e. The Balaban J connectivity index is 2.47. The van der Waals surface area contributed by atoms with Crippen molar-refractivity contribution in [1.29, 1.82) is 0 Å². The van der Waals surface area contributed by atoms with Crippen molar-refractivity contribution in [2.24, 2.45) is 28.6 Å². The quantitative estimate of drug-likeness (QED) is 0.281. The van der Waals surface area contributed by atoms with Crippen molar-refractivity contribution in [3.8, 4) is 0 Å². The lowest BCUT2D eigenvalue weighted by atomic mass is 9.93. The predicted octanol–water partition coefficient (Wildman–Crippen LogP) is 0.0729. The molecule has 6 nitrogen and oxygen atoms in total. The zero-order valence-corrected chi connectivity index (χ0v) is 11.4. The number of hydrogen-bond acceptors (Lipinski definition) is 4. The van der Waals surface area contributed by atoms with E-state index in [1.165, 1.54) is 0 Å². The van der Waals surface area contributed by atoms with Gasteiger partial charge in [0.15, 0.2) is 5.84 Å². The van der Waals surface area contributed by atoms with Gasteiger partial charge in [-0.25, -0.2) is 0 Å². The van der Waals surface area contributed by atoms with Crippen LogP contribution < -0.4 is 11.1 Å². The van der Waals surface area contributed by atoms with Gasteiger partial charge in [-0.05, 0) is 31.8 Å². The normalized spacial score (nSPS) is 23.3. The molecule has 1 fully saturated rings. The van der Waals surface area contributed by atoms with E-state index < -0.39 is 5.92 Å². The van der Waals surface area contributed by atoms with E-state index in [-0.39, 0.29) is 17.7 Å². The minimum atomic E-state index is -0.561. The smallest absolute Gasteiger partial charge is 0.231 e. The first-order valence-corrected chi connectivity index (χ1v) is 6.39. The molecule has 1 amide bonds. The second kappa shape index (κ2) is 6.58. The van der Waals surface area contributed by atoms with Crippen LogP contribution in [0.5, 0.6) is 0 Å². The number of carbonyl (C=O) groups is 1. The van der Waals surface area contributed by atoms with Gasteiger partial charge in [-0.2, -0.15) is 0 Å². The molecule has 0 radical (unpaired) electrons. The Morgan fingerprint density at radius 1 is 1.61 bits per heavy atom. The van der Waals surface area contributed by atoms with Gasteiger partial charge in [-0.15, -0.1) is 0 Å². The van der Waals surface area contributed by atoms with E-state index >= 15 is 0 Å². The van der Waals surface area contributed by atoms with Crippen LogP contribution in [0.4, 0.5) is 0 Å². The van der Waals surface area contributed by atoms with Gasteiger partial charge in [-0.3, -0.25) is 4.79 Å². The molecule has 0 aromatic carbocycles. The van der Waals surface area contributed by atoms with Crippen LogP contribution in [-0.2, 0) is 4.79 Å². The van der Waals surface area contributed by atoms with Crippen molar-refractivity contribution < 1.29 is 10.0 Å². The molecule has 0 aromatic heterocycles. The monoisotopic (exact) mass is 256 g/mol. The highest BCUT2D eigenvalue weighted by molar-refractivity contribution is 6.02. The van der Waals surface area contributed by atoms with Crippen molar-refractivity contribution >= 4 is 11.7 Å². The molecule has 0 aromatic rings. The average Bonchev–Trinajstić information content (AvgIpc) is 2.72. The van der Waals surface area contributed by atoms with Gasteiger partial charge < -0.3 is 21.2 Å². The van der Waals surface area contributed by atoms with Crippen LogP contribution in [0.3, 0.4) is 0 Å². The first kappa shape index (κ1) is 14.8. The van der Waals surface area contributed by atoms with Gasteiger partial charge in [0.05, 0.1) is 0 Å². The Hall–Kier alpha value is -1.30. The highest BCUT2D eigenvalue weighted by Gasteiger charge is 2.28. The summed E-state index contributed by atoms with van der Waals surface area (Å²) in [5.41, 5.74) is 5.56. The Labute approximate surface area is 108 Å². The number of hydrogen-bond donors (Lipinski definition) is 3. The molecule has 1 aliphatic heterocycles. The SMILES string of the molecule is CC(C)C(C(=O)NCC1CCN(C)C1)C(N)=NO. The molecule has 6 heteroatoms. The molecule has 0 spiro atoms. The fraction of sp³-hybridized carbons (Fsp3) is 0.833. The summed E-state index contributed by atoms with van der Waals surface area (Å²) in [6, 6.07) is 0. The second-order valence-electron chi connectivity index (χ2n) is 5.41. The number of rotatable bonds is 5. The number of nitrogens with two attached hydrogens (primary N) is 1. The van der Waals surface area contributed by atoms with Crippen LogP contribution in [0, 0.1) is 17.8 Å². The third kappa shape index (κ3) is 3.87. The van der Waals surface area contributed by atoms with E-state index in [9.17, 15) is 4.79 Å². The molecule has 0 bridgehead atoms. The Bertz CT molecular complexity index is 317. The van der Waals surface area contributed by atoms with Gasteiger partial charge in [0.25, 0.3) is 0 Å². The highest BCUT2D eigenvalue weighted by Crippen LogP contribution is 2.15. The molecule has 1 rings (SSSR count). The van der Waals surface area contributed by atoms with Gasteiger partial charge in [0.1, 0.15) is 5.92 Å². The number of nitrogens with zero attached hydrogens (tertiary/aromatic N) is 2. The van der Waals surface area contributed by atoms with Crippen LogP contribution in [0.1, 0.15) is 20.3 Å². The molecule has 18 heavy (non-hydrogen) atoms. The van der Waals surface area contributed by atoms with E-state index in [0.29, 0.717) is 12.5 Å². The predicted molar refractivity (Wildman–Crippen MR) is 70.4 cm³/mol. The molecule has 4 N–H and O–H groups in total. The number of amidine groups is 1. The molecular weight excluding hydrogens is 232 g/mol. The lowest BCUT2D eigenvalue weighted by Gasteiger charge is -2.20. The first-order valence-electron chi connectivity index (χ1n) is 6.39. The summed E-state index contributed by atoms with van der Waals surface area (Å²) >= 11 is 0. The van der Waals surface area contributed by atoms with Crippen molar-refractivity contribution in [2.45, 2.75) is 20.3 Å². The molecule has 104 valence electrons. The number of carbonyl (C=O) groups excluding carboxylic acids is 1. The van der Waals surface area contributed by atoms with Crippen molar-refractivity contribution in [2.75, 3.05) is 26.7 Å². The highest BCUT2D eigenvalue weighted by atomic mass is 16.4. The first-order chi connectivity index (χ1) is 8.45. The van der Waals surface area contributed by atoms with Crippen molar-refractivity contribution in [3.05, 3.63) is 0 Å². The summed E-state index contributed by atoms with van der Waals surface area (Å²) in [6.45, 7) is 6.51. The van der Waals surface area contributed by atoms with Crippen LogP contribution in [-0.4, -0.2) is 48.5 Å². The lowest BCUT2D eigenvalue weighted by Crippen LogP contribution is -2.43. The van der Waals surface area contributed by atoms with Crippen LogP contribution in [0.2, 0.25) is 0 Å². The van der Waals surface area contributed by atoms with Crippen molar-refractivity contribution in [1.82, 2.24) is 10.2 Å². The third-order valence-electron chi connectivity index (χ3n) is 3.44. The summed E-state index contributed by atoms with van der Waals surface area (Å²) in [5.74, 6) is -0.235. The average molecular weight is 256 g/mol. The molecule has 1 heterocycles. The maximum absolute atomic E-state index is 12.0. The second-order valence-corrected chi connectivity index (χ2v) is 5.41. The van der Waals surface area contributed by atoms with Gasteiger partial charge in [0.2, 0.25) is 5.91 Å². The maximum atomic E-state index is 12.0. The fourth-order valence-corrected chi connectivity index (χ4v) is 2.39. The van der Waals surface area contributed by atoms with E-state index in [2.05, 4.69) is 22.4 Å². The number of amides is 1. The Morgan fingerprint density at radius 3 is 2.72 bits per heavy atom. The molecule has 0 aliphatic carbocycles. The van der Waals surface area contributed by atoms with Gasteiger partial charge >= 0.3 is 0 Å². The third-order valence-corrected chi connectivity index (χ3v) is 3.44. The Kier molecular flexibility index (Phi) is 5.40. The van der Waals surface area contributed by atoms with Crippen LogP contribution in [0.25, 0.3) is 0 Å². The van der Waals surface area contributed by atoms with Crippen molar-refractivity contribution in [3.63, 3.8) is 0 Å². The minimum Gasteiger partial charge on any atom is -0.409 e. The number of oxime groups is 1. The summed E-state index contributed by atoms with van der Waals surface area (Å²) < 4.78 is 0. The minimum absolute atomic E-state index is 0.00662. The largest absolute Gasteiger partial charge is 0.409 e. The summed E-state index contributed by atoms with van der Waals surface area (Å²) in [4.78, 5) is 14.3. The molecule has 2 unspecified atom stereocenters. The summed E-state index contributed by atoms with van der Waals surface area (Å²) in [7, 11) is 2.08. The van der Waals surface area contributed by atoms with E-state index in [1.807, 2.05) is 13.8 Å². The van der Waals surface area contributed by atoms with E-state index in [4.69, 9.17) is 10.9 Å². The summed E-state index contributed by atoms with van der Waals surface area (Å²) in [6.07, 6.45) is 1.10. The van der Waals surface area contributed by atoms with E-state index in [0.717, 1.165) is 19.5 Å². The molecule has 1 aliphatic rings. The molecule has 2 atom stereocenters. The molecule has 0 saturated carbocycles. The number of likely N-dealkylation sites (tertiary alicyclic amines) is 1. The van der Waals surface area contributed by atoms with E-state index in [1.54, 1.807) is 0 Å². The lowest BCUT2D eigenvalue weighted by molar-refractivity contribution is -0.124. The summed E-state index contributed by atoms with van der Waals surface area (Å²) in [5, 5.41) is 14.5. The number of nitrogens with one attached hydrogen (secondary N) is 1. The fourth-order valence-electron chi connectivity index (χ4n) is 2.39. The van der Waals surface area contributed by atoms with Gasteiger partial charge in [0, 0.05) is 13.1 Å². The standard InChI is InChI=1S/C12H24N4O2/c1-8(2)10(11(13)15-18)12(17)14-6-9-4-5-16(3)7-9/h8-10,18H,4-7H2,1-3H3,(H2,13,15)(H,14,17). The van der Waals surface area contributed by atoms with Gasteiger partial charge in [-0.1, -0.05) is 19.0 Å².